The van der Waals surface area contributed by atoms with Crippen LogP contribution in [-0.4, -0.2) is 45.3 Å². The molecule has 0 atom stereocenters. The van der Waals surface area contributed by atoms with Gasteiger partial charge in [0.25, 0.3) is 0 Å². The van der Waals surface area contributed by atoms with Crippen molar-refractivity contribution in [3.63, 3.8) is 0 Å². The molecule has 1 fully saturated rings. The zero-order valence-corrected chi connectivity index (χ0v) is 12.7. The Hall–Kier alpha value is -1.96. The van der Waals surface area contributed by atoms with Gasteiger partial charge >= 0.3 is 5.97 Å². The lowest BCUT2D eigenvalue weighted by Crippen LogP contribution is -2.40. The summed E-state index contributed by atoms with van der Waals surface area (Å²) in [5, 5.41) is 12.1. The number of piperidine rings is 1. The van der Waals surface area contributed by atoms with E-state index in [1.54, 1.807) is 11.8 Å². The second-order valence-electron chi connectivity index (χ2n) is 5.05. The van der Waals surface area contributed by atoms with Crippen molar-refractivity contribution in [2.75, 3.05) is 18.4 Å². The van der Waals surface area contributed by atoms with Gasteiger partial charge in [-0.2, -0.15) is 4.37 Å². The first-order chi connectivity index (χ1) is 9.90. The number of carbonyl (C=O) groups excluding carboxylic acids is 2. The summed E-state index contributed by atoms with van der Waals surface area (Å²) >= 11 is 0.975. The molecule has 8 heteroatoms. The van der Waals surface area contributed by atoms with Gasteiger partial charge in [0.2, 0.25) is 11.8 Å². The average Bonchev–Trinajstić information content (AvgIpc) is 2.79. The molecule has 2 rings (SSSR count). The Morgan fingerprint density at radius 3 is 2.48 bits per heavy atom. The minimum atomic E-state index is -1.09. The topological polar surface area (TPSA) is 99.6 Å². The van der Waals surface area contributed by atoms with Crippen molar-refractivity contribution in [2.45, 2.75) is 26.7 Å². The summed E-state index contributed by atoms with van der Waals surface area (Å²) in [5.74, 6) is -1.49. The van der Waals surface area contributed by atoms with E-state index in [2.05, 4.69) is 9.69 Å². The van der Waals surface area contributed by atoms with Crippen LogP contribution in [0.25, 0.3) is 0 Å². The second kappa shape index (κ2) is 6.21. The minimum Gasteiger partial charge on any atom is -0.478 e. The molecule has 2 N–H and O–H groups in total. The van der Waals surface area contributed by atoms with Crippen LogP contribution in [-0.2, 0) is 9.59 Å². The number of carboxylic acid groups (broad SMARTS) is 1. The average molecular weight is 311 g/mol. The third-order valence-corrected chi connectivity index (χ3v) is 4.48. The van der Waals surface area contributed by atoms with Crippen LogP contribution in [0.5, 0.6) is 0 Å². The van der Waals surface area contributed by atoms with Gasteiger partial charge in [0.1, 0.15) is 10.6 Å². The summed E-state index contributed by atoms with van der Waals surface area (Å²) in [6.45, 7) is 4.22. The van der Waals surface area contributed by atoms with E-state index in [0.29, 0.717) is 31.6 Å². The third kappa shape index (κ3) is 3.38. The van der Waals surface area contributed by atoms with Crippen LogP contribution in [0, 0.1) is 12.8 Å². The van der Waals surface area contributed by atoms with Crippen molar-refractivity contribution in [3.05, 3.63) is 11.3 Å². The van der Waals surface area contributed by atoms with Crippen molar-refractivity contribution in [2.24, 2.45) is 5.92 Å². The molecule has 2 heterocycles. The zero-order valence-electron chi connectivity index (χ0n) is 11.9. The Kier molecular flexibility index (Phi) is 4.56. The van der Waals surface area contributed by atoms with Gasteiger partial charge in [-0.1, -0.05) is 0 Å². The quantitative estimate of drug-likeness (QED) is 0.877. The Morgan fingerprint density at radius 2 is 1.95 bits per heavy atom. The molecule has 114 valence electrons. The molecule has 0 radical (unpaired) electrons. The maximum atomic E-state index is 12.2. The number of hydrogen-bond donors (Lipinski definition) is 2. The first-order valence-corrected chi connectivity index (χ1v) is 7.43. The maximum absolute atomic E-state index is 12.2. The lowest BCUT2D eigenvalue weighted by molar-refractivity contribution is -0.132. The predicted molar refractivity (Wildman–Crippen MR) is 77.4 cm³/mol. The van der Waals surface area contributed by atoms with Gasteiger partial charge in [0.15, 0.2) is 0 Å². The van der Waals surface area contributed by atoms with E-state index in [1.165, 1.54) is 6.92 Å². The van der Waals surface area contributed by atoms with Gasteiger partial charge in [-0.3, -0.25) is 9.59 Å². The van der Waals surface area contributed by atoms with Crippen molar-refractivity contribution >= 4 is 34.3 Å². The number of nitrogens with one attached hydrogen (secondary N) is 1. The third-order valence-electron chi connectivity index (χ3n) is 3.62. The van der Waals surface area contributed by atoms with Crippen molar-refractivity contribution < 1.29 is 19.5 Å². The lowest BCUT2D eigenvalue weighted by Gasteiger charge is -2.30. The highest BCUT2D eigenvalue weighted by Gasteiger charge is 2.28. The molecule has 1 aromatic heterocycles. The van der Waals surface area contributed by atoms with Gasteiger partial charge in [-0.15, -0.1) is 0 Å². The lowest BCUT2D eigenvalue weighted by atomic mass is 9.96. The Morgan fingerprint density at radius 1 is 1.33 bits per heavy atom. The highest BCUT2D eigenvalue weighted by Crippen LogP contribution is 2.26. The molecule has 2 amide bonds. The Balaban J connectivity index is 2.00. The molecule has 0 aliphatic carbocycles. The SMILES string of the molecule is CC(=O)N1CCC(C(=O)Nc2snc(C)c2C(=O)O)CC1. The Labute approximate surface area is 126 Å². The molecule has 0 bridgehead atoms. The highest BCUT2D eigenvalue weighted by atomic mass is 32.1. The van der Waals surface area contributed by atoms with Crippen molar-refractivity contribution in [1.29, 1.82) is 0 Å². The number of likely N-dealkylation sites (tertiary alicyclic amines) is 1. The molecule has 1 aliphatic rings. The van der Waals surface area contributed by atoms with Gasteiger partial charge in [0, 0.05) is 25.9 Å². The maximum Gasteiger partial charge on any atom is 0.340 e. The second-order valence-corrected chi connectivity index (χ2v) is 5.82. The zero-order chi connectivity index (χ0) is 15.6. The summed E-state index contributed by atoms with van der Waals surface area (Å²) in [6.07, 6.45) is 1.18. The number of anilines is 1. The van der Waals surface area contributed by atoms with Crippen LogP contribution in [0.15, 0.2) is 0 Å². The molecule has 21 heavy (non-hydrogen) atoms. The van der Waals surface area contributed by atoms with Gasteiger partial charge < -0.3 is 15.3 Å². The van der Waals surface area contributed by atoms with E-state index in [9.17, 15) is 14.4 Å². The van der Waals surface area contributed by atoms with E-state index in [4.69, 9.17) is 5.11 Å². The van der Waals surface area contributed by atoms with Crippen LogP contribution < -0.4 is 5.32 Å². The summed E-state index contributed by atoms with van der Waals surface area (Å²) in [5.41, 5.74) is 0.448. The number of carboxylic acids is 1. The predicted octanol–water partition coefficient (Wildman–Crippen LogP) is 1.35. The smallest absolute Gasteiger partial charge is 0.340 e. The van der Waals surface area contributed by atoms with Crippen LogP contribution in [0.1, 0.15) is 35.8 Å². The summed E-state index contributed by atoms with van der Waals surface area (Å²) < 4.78 is 3.96. The van der Waals surface area contributed by atoms with Gasteiger partial charge in [-0.05, 0) is 31.3 Å². The summed E-state index contributed by atoms with van der Waals surface area (Å²) in [7, 11) is 0. The Bertz CT molecular complexity index is 576. The van der Waals surface area contributed by atoms with E-state index in [1.807, 2.05) is 0 Å². The number of aromatic nitrogens is 1. The summed E-state index contributed by atoms with van der Waals surface area (Å²) in [4.78, 5) is 36.3. The molecule has 7 nitrogen and oxygen atoms in total. The normalized spacial score (nSPS) is 15.8. The number of rotatable bonds is 3. The van der Waals surface area contributed by atoms with E-state index in [0.717, 1.165) is 11.5 Å². The molecule has 1 saturated heterocycles. The summed E-state index contributed by atoms with van der Waals surface area (Å²) in [6, 6.07) is 0. The van der Waals surface area contributed by atoms with Crippen LogP contribution in [0.2, 0.25) is 0 Å². The largest absolute Gasteiger partial charge is 0.478 e. The fourth-order valence-corrected chi connectivity index (χ4v) is 3.17. The first-order valence-electron chi connectivity index (χ1n) is 6.66. The van der Waals surface area contributed by atoms with Crippen LogP contribution in [0.4, 0.5) is 5.00 Å². The molecule has 0 saturated carbocycles. The van der Waals surface area contributed by atoms with Crippen molar-refractivity contribution in [3.8, 4) is 0 Å². The number of aryl methyl sites for hydroxylation is 1. The van der Waals surface area contributed by atoms with E-state index in [-0.39, 0.29) is 28.3 Å². The minimum absolute atomic E-state index is 0.0140. The number of aromatic carboxylic acids is 1. The van der Waals surface area contributed by atoms with Crippen molar-refractivity contribution in [1.82, 2.24) is 9.27 Å². The standard InChI is InChI=1S/C13H17N3O4S/c1-7-10(13(19)20)12(21-15-7)14-11(18)9-3-5-16(6-4-9)8(2)17/h9H,3-6H2,1-2H3,(H,14,18)(H,19,20). The first kappa shape index (κ1) is 15.4. The molecule has 1 aromatic rings. The number of amides is 2. The van der Waals surface area contributed by atoms with Gasteiger partial charge in [-0.25, -0.2) is 4.79 Å². The van der Waals surface area contributed by atoms with Gasteiger partial charge in [0.05, 0.1) is 5.69 Å². The monoisotopic (exact) mass is 311 g/mol. The molecule has 0 unspecified atom stereocenters. The van der Waals surface area contributed by atoms with E-state index < -0.39 is 5.97 Å². The number of nitrogens with zero attached hydrogens (tertiary/aromatic N) is 2. The number of carbonyl (C=O) groups is 3. The van der Waals surface area contributed by atoms with Crippen LogP contribution in [0.3, 0.4) is 0 Å². The van der Waals surface area contributed by atoms with E-state index >= 15 is 0 Å². The fourth-order valence-electron chi connectivity index (χ4n) is 2.38. The highest BCUT2D eigenvalue weighted by molar-refractivity contribution is 7.11. The number of hydrogen-bond acceptors (Lipinski definition) is 5. The van der Waals surface area contributed by atoms with Crippen LogP contribution >= 0.6 is 11.5 Å². The molecule has 0 spiro atoms. The molecular formula is C13H17N3O4S. The fraction of sp³-hybridized carbons (Fsp3) is 0.538. The molecule has 1 aliphatic heterocycles. The molecular weight excluding hydrogens is 294 g/mol. The molecule has 0 aromatic carbocycles.